The van der Waals surface area contributed by atoms with Crippen LogP contribution < -0.4 is 5.56 Å². The maximum absolute atomic E-state index is 13.4. The van der Waals surface area contributed by atoms with Crippen molar-refractivity contribution in [3.63, 3.8) is 0 Å². The van der Waals surface area contributed by atoms with Crippen LogP contribution in [-0.2, 0) is 6.42 Å². The molecule has 0 amide bonds. The third-order valence-corrected chi connectivity index (χ3v) is 7.54. The van der Waals surface area contributed by atoms with E-state index in [0.29, 0.717) is 46.2 Å². The van der Waals surface area contributed by atoms with Crippen LogP contribution in [0.4, 0.5) is 0 Å². The summed E-state index contributed by atoms with van der Waals surface area (Å²) in [7, 11) is 0. The van der Waals surface area contributed by atoms with Crippen LogP contribution in [-0.4, -0.2) is 45.8 Å². The standard InChI is InChI=1S/C23H15Cl2N7O3S/c24-13-1-3-16(31-10-26-29-30-31)15(8-13)11-5-14-2-4-17(32(14)19(33)7-11)20-21(25)28-22(27-20)12-6-18(23(34)35)36-9-12/h1,3,5-10,17H,2,4H2,(H,27,28)(H,34,35). The zero-order chi connectivity index (χ0) is 25.0. The number of H-pyrrole nitrogens is 1. The van der Waals surface area contributed by atoms with Crippen molar-refractivity contribution in [2.45, 2.75) is 18.9 Å². The van der Waals surface area contributed by atoms with Gasteiger partial charge in [-0.1, -0.05) is 23.2 Å². The van der Waals surface area contributed by atoms with Gasteiger partial charge in [-0.05, 0) is 59.2 Å². The normalized spacial score (nSPS) is 14.8. The molecule has 1 aliphatic rings. The van der Waals surface area contributed by atoms with Crippen molar-refractivity contribution in [3.8, 4) is 28.2 Å². The van der Waals surface area contributed by atoms with E-state index in [-0.39, 0.29) is 21.6 Å². The molecule has 1 aromatic carbocycles. The van der Waals surface area contributed by atoms with E-state index in [1.54, 1.807) is 40.3 Å². The van der Waals surface area contributed by atoms with Gasteiger partial charge in [0.15, 0.2) is 5.15 Å². The Morgan fingerprint density at radius 1 is 1.17 bits per heavy atom. The number of carbonyl (C=O) groups is 1. The minimum Gasteiger partial charge on any atom is -0.477 e. The fourth-order valence-corrected chi connectivity index (χ4v) is 5.69. The lowest BCUT2D eigenvalue weighted by Gasteiger charge is -2.15. The Morgan fingerprint density at radius 3 is 2.78 bits per heavy atom. The number of aromatic nitrogens is 7. The lowest BCUT2D eigenvalue weighted by Crippen LogP contribution is -2.23. The minimum atomic E-state index is -1.00. The van der Waals surface area contributed by atoms with Gasteiger partial charge < -0.3 is 14.7 Å². The molecule has 0 spiro atoms. The van der Waals surface area contributed by atoms with Crippen molar-refractivity contribution in [2.75, 3.05) is 0 Å². The van der Waals surface area contributed by atoms with E-state index in [0.717, 1.165) is 22.6 Å². The SMILES string of the molecule is O=C(O)c1cc(-c2nc(Cl)c(C3CCc4cc(-c5cc(Cl)ccc5-n5cnnn5)cc(=O)n43)[nH]2)cs1. The average Bonchev–Trinajstić information content (AvgIpc) is 3.64. The maximum atomic E-state index is 13.4. The van der Waals surface area contributed by atoms with E-state index < -0.39 is 5.97 Å². The smallest absolute Gasteiger partial charge is 0.345 e. The van der Waals surface area contributed by atoms with E-state index in [1.165, 1.54) is 11.0 Å². The second kappa shape index (κ2) is 8.70. The average molecular weight is 540 g/mol. The van der Waals surface area contributed by atoms with E-state index in [1.807, 2.05) is 6.07 Å². The first-order valence-electron chi connectivity index (χ1n) is 10.8. The number of imidazole rings is 1. The number of aromatic amines is 1. The first-order chi connectivity index (χ1) is 17.4. The zero-order valence-corrected chi connectivity index (χ0v) is 20.5. The Bertz CT molecular complexity index is 1690. The Labute approximate surface area is 216 Å². The fraction of sp³-hybridized carbons (Fsp3) is 0.130. The summed E-state index contributed by atoms with van der Waals surface area (Å²) in [5.41, 5.74) is 4.02. The topological polar surface area (TPSA) is 132 Å². The van der Waals surface area contributed by atoms with Crippen LogP contribution in [0.15, 0.2) is 52.9 Å². The molecule has 1 aliphatic heterocycles. The molecule has 36 heavy (non-hydrogen) atoms. The molecule has 0 aliphatic carbocycles. The third kappa shape index (κ3) is 3.81. The molecule has 0 saturated carbocycles. The van der Waals surface area contributed by atoms with Crippen LogP contribution in [0.25, 0.3) is 28.2 Å². The van der Waals surface area contributed by atoms with E-state index in [2.05, 4.69) is 25.5 Å². The molecule has 180 valence electrons. The summed E-state index contributed by atoms with van der Waals surface area (Å²) in [6, 6.07) is 10.1. The van der Waals surface area contributed by atoms with Gasteiger partial charge in [-0.2, -0.15) is 4.68 Å². The molecule has 0 fully saturated rings. The largest absolute Gasteiger partial charge is 0.477 e. The summed E-state index contributed by atoms with van der Waals surface area (Å²) in [5.74, 6) is -0.541. The molecule has 2 N–H and O–H groups in total. The highest BCUT2D eigenvalue weighted by Gasteiger charge is 2.30. The van der Waals surface area contributed by atoms with Crippen molar-refractivity contribution < 1.29 is 9.90 Å². The number of nitrogens with zero attached hydrogens (tertiary/aromatic N) is 6. The zero-order valence-electron chi connectivity index (χ0n) is 18.2. The summed E-state index contributed by atoms with van der Waals surface area (Å²) in [5, 5.41) is 23.1. The first-order valence-corrected chi connectivity index (χ1v) is 12.4. The van der Waals surface area contributed by atoms with Gasteiger partial charge in [0.2, 0.25) is 0 Å². The maximum Gasteiger partial charge on any atom is 0.345 e. The van der Waals surface area contributed by atoms with Crippen molar-refractivity contribution in [2.24, 2.45) is 0 Å². The Kier molecular flexibility index (Phi) is 5.47. The monoisotopic (exact) mass is 539 g/mol. The number of rotatable bonds is 5. The molecule has 13 heteroatoms. The van der Waals surface area contributed by atoms with Crippen LogP contribution >= 0.6 is 34.5 Å². The number of aromatic carboxylic acids is 1. The molecule has 0 saturated heterocycles. The number of hydrogen-bond acceptors (Lipinski definition) is 7. The summed E-state index contributed by atoms with van der Waals surface area (Å²) >= 11 is 13.9. The van der Waals surface area contributed by atoms with E-state index in [4.69, 9.17) is 23.2 Å². The lowest BCUT2D eigenvalue weighted by atomic mass is 10.0. The van der Waals surface area contributed by atoms with Gasteiger partial charge in [0.1, 0.15) is 17.0 Å². The van der Waals surface area contributed by atoms with Crippen LogP contribution in [0.1, 0.15) is 33.5 Å². The van der Waals surface area contributed by atoms with Crippen molar-refractivity contribution in [1.82, 2.24) is 34.7 Å². The Balaban J connectivity index is 1.40. The Morgan fingerprint density at radius 2 is 2.03 bits per heavy atom. The molecular weight excluding hydrogens is 525 g/mol. The van der Waals surface area contributed by atoms with Crippen molar-refractivity contribution in [3.05, 3.63) is 84.9 Å². The van der Waals surface area contributed by atoms with Crippen molar-refractivity contribution in [1.29, 1.82) is 0 Å². The third-order valence-electron chi connectivity index (χ3n) is 6.10. The predicted octanol–water partition coefficient (Wildman–Crippen LogP) is 4.48. The molecule has 0 radical (unpaired) electrons. The van der Waals surface area contributed by atoms with Gasteiger partial charge in [0.25, 0.3) is 5.56 Å². The van der Waals surface area contributed by atoms with Crippen LogP contribution in [0.2, 0.25) is 10.2 Å². The van der Waals surface area contributed by atoms with Gasteiger partial charge in [0, 0.05) is 33.3 Å². The number of halogens is 2. The quantitative estimate of drug-likeness (QED) is 0.336. The first kappa shape index (κ1) is 22.7. The molecule has 4 aromatic heterocycles. The predicted molar refractivity (Wildman–Crippen MR) is 134 cm³/mol. The number of aryl methyl sites for hydroxylation is 1. The molecule has 0 bridgehead atoms. The molecule has 6 rings (SSSR count). The number of tetrazole rings is 1. The van der Waals surface area contributed by atoms with Gasteiger partial charge in [-0.25, -0.2) is 9.78 Å². The van der Waals surface area contributed by atoms with Gasteiger partial charge in [0.05, 0.1) is 17.4 Å². The molecule has 5 heterocycles. The number of thiophene rings is 1. The van der Waals surface area contributed by atoms with Crippen LogP contribution in [0.3, 0.4) is 0 Å². The molecular formula is C23H15Cl2N7O3S. The van der Waals surface area contributed by atoms with Gasteiger partial charge in [-0.3, -0.25) is 4.79 Å². The second-order valence-corrected chi connectivity index (χ2v) is 9.91. The molecule has 1 unspecified atom stereocenters. The number of pyridine rings is 1. The molecule has 1 atom stereocenters. The van der Waals surface area contributed by atoms with Crippen LogP contribution in [0, 0.1) is 0 Å². The number of hydrogen-bond donors (Lipinski definition) is 2. The van der Waals surface area contributed by atoms with Crippen molar-refractivity contribution >= 4 is 40.5 Å². The second-order valence-electron chi connectivity index (χ2n) is 8.21. The number of carboxylic acids is 1. The number of fused-ring (bicyclic) bond motifs is 1. The van der Waals surface area contributed by atoms with Crippen LogP contribution in [0.5, 0.6) is 0 Å². The highest BCUT2D eigenvalue weighted by Crippen LogP contribution is 2.37. The summed E-state index contributed by atoms with van der Waals surface area (Å²) < 4.78 is 3.23. The molecule has 10 nitrogen and oxygen atoms in total. The van der Waals surface area contributed by atoms with Gasteiger partial charge in [-0.15, -0.1) is 16.4 Å². The highest BCUT2D eigenvalue weighted by atomic mass is 35.5. The fourth-order valence-electron chi connectivity index (χ4n) is 4.53. The summed E-state index contributed by atoms with van der Waals surface area (Å²) in [6.07, 6.45) is 2.79. The lowest BCUT2D eigenvalue weighted by molar-refractivity contribution is 0.0702. The summed E-state index contributed by atoms with van der Waals surface area (Å²) in [6.45, 7) is 0. The number of nitrogens with one attached hydrogen (secondary N) is 1. The number of benzene rings is 1. The number of carboxylic acid groups (broad SMARTS) is 1. The summed E-state index contributed by atoms with van der Waals surface area (Å²) in [4.78, 5) is 32.4. The highest BCUT2D eigenvalue weighted by molar-refractivity contribution is 7.12. The minimum absolute atomic E-state index is 0.191. The Hall–Kier alpha value is -3.80. The van der Waals surface area contributed by atoms with E-state index >= 15 is 0 Å². The molecule has 5 aromatic rings. The van der Waals surface area contributed by atoms with E-state index in [9.17, 15) is 14.7 Å². The van der Waals surface area contributed by atoms with Gasteiger partial charge >= 0.3 is 5.97 Å².